The van der Waals surface area contributed by atoms with Crippen molar-refractivity contribution < 1.29 is 19.4 Å². The lowest BCUT2D eigenvalue weighted by atomic mass is 10.0. The number of carbonyl (C=O) groups excluding carboxylic acids is 1. The molecule has 0 bridgehead atoms. The maximum absolute atomic E-state index is 12.7. The third-order valence-electron chi connectivity index (χ3n) is 3.44. The average molecular weight is 267 g/mol. The van der Waals surface area contributed by atoms with Crippen LogP contribution in [0.15, 0.2) is 24.3 Å². The Morgan fingerprint density at radius 1 is 1.26 bits per heavy atom. The summed E-state index contributed by atoms with van der Waals surface area (Å²) in [6, 6.07) is 6.08. The molecular formula is C14H18FNO3. The summed E-state index contributed by atoms with van der Waals surface area (Å²) >= 11 is 0. The van der Waals surface area contributed by atoms with E-state index in [0.29, 0.717) is 25.8 Å². The van der Waals surface area contributed by atoms with Crippen LogP contribution in [0.1, 0.15) is 18.4 Å². The summed E-state index contributed by atoms with van der Waals surface area (Å²) in [6.07, 6.45) is -0.309. The highest BCUT2D eigenvalue weighted by atomic mass is 19.1. The van der Waals surface area contributed by atoms with Gasteiger partial charge in [0.25, 0.3) is 0 Å². The molecule has 4 nitrogen and oxygen atoms in total. The summed E-state index contributed by atoms with van der Waals surface area (Å²) < 4.78 is 12.7. The zero-order valence-corrected chi connectivity index (χ0v) is 10.6. The molecule has 1 fully saturated rings. The number of aliphatic hydroxyl groups excluding tert-OH is 2. The van der Waals surface area contributed by atoms with Gasteiger partial charge in [0.15, 0.2) is 0 Å². The van der Waals surface area contributed by atoms with Crippen LogP contribution in [0.5, 0.6) is 0 Å². The molecule has 1 amide bonds. The second-order valence-electron chi connectivity index (χ2n) is 4.89. The van der Waals surface area contributed by atoms with Gasteiger partial charge in [-0.25, -0.2) is 4.39 Å². The molecule has 1 aliphatic rings. The van der Waals surface area contributed by atoms with Crippen LogP contribution in [-0.4, -0.2) is 46.3 Å². The SMILES string of the molecule is O=C(CCc1ccc(F)cc1)N1CC[C@@H](O)[C@@H](O)C1. The highest BCUT2D eigenvalue weighted by Crippen LogP contribution is 2.13. The van der Waals surface area contributed by atoms with Gasteiger partial charge in [0.1, 0.15) is 5.82 Å². The number of hydrogen-bond donors (Lipinski definition) is 2. The van der Waals surface area contributed by atoms with Gasteiger partial charge in [-0.15, -0.1) is 0 Å². The molecule has 2 atom stereocenters. The zero-order chi connectivity index (χ0) is 13.8. The van der Waals surface area contributed by atoms with Crippen molar-refractivity contribution >= 4 is 5.91 Å². The van der Waals surface area contributed by atoms with Gasteiger partial charge in [0.05, 0.1) is 12.2 Å². The van der Waals surface area contributed by atoms with Crippen molar-refractivity contribution in [1.29, 1.82) is 0 Å². The molecule has 0 saturated carbocycles. The zero-order valence-electron chi connectivity index (χ0n) is 10.6. The number of amides is 1. The van der Waals surface area contributed by atoms with Crippen molar-refractivity contribution in [2.24, 2.45) is 0 Å². The first-order valence-corrected chi connectivity index (χ1v) is 6.44. The molecule has 2 rings (SSSR count). The first-order chi connectivity index (χ1) is 9.06. The van der Waals surface area contributed by atoms with Crippen molar-refractivity contribution in [3.63, 3.8) is 0 Å². The monoisotopic (exact) mass is 267 g/mol. The molecule has 0 radical (unpaired) electrons. The van der Waals surface area contributed by atoms with Crippen molar-refractivity contribution in [3.8, 4) is 0 Å². The molecule has 0 aromatic heterocycles. The number of aryl methyl sites for hydroxylation is 1. The minimum Gasteiger partial charge on any atom is -0.390 e. The summed E-state index contributed by atoms with van der Waals surface area (Å²) in [5, 5.41) is 18.9. The van der Waals surface area contributed by atoms with E-state index >= 15 is 0 Å². The van der Waals surface area contributed by atoms with Gasteiger partial charge >= 0.3 is 0 Å². The van der Waals surface area contributed by atoms with E-state index in [4.69, 9.17) is 0 Å². The number of likely N-dealkylation sites (tertiary alicyclic amines) is 1. The molecule has 0 aliphatic carbocycles. The molecule has 1 aromatic rings. The maximum atomic E-state index is 12.7. The Morgan fingerprint density at radius 2 is 1.95 bits per heavy atom. The second-order valence-corrected chi connectivity index (χ2v) is 4.89. The second kappa shape index (κ2) is 6.12. The number of benzene rings is 1. The van der Waals surface area contributed by atoms with E-state index in [1.807, 2.05) is 0 Å². The van der Waals surface area contributed by atoms with E-state index in [1.165, 1.54) is 12.1 Å². The number of halogens is 1. The van der Waals surface area contributed by atoms with Crippen molar-refractivity contribution in [2.45, 2.75) is 31.5 Å². The van der Waals surface area contributed by atoms with Crippen LogP contribution in [0.3, 0.4) is 0 Å². The van der Waals surface area contributed by atoms with Crippen LogP contribution < -0.4 is 0 Å². The van der Waals surface area contributed by atoms with E-state index in [1.54, 1.807) is 17.0 Å². The Morgan fingerprint density at radius 3 is 2.58 bits per heavy atom. The van der Waals surface area contributed by atoms with Crippen LogP contribution >= 0.6 is 0 Å². The van der Waals surface area contributed by atoms with E-state index < -0.39 is 12.2 Å². The van der Waals surface area contributed by atoms with Gasteiger partial charge < -0.3 is 15.1 Å². The Labute approximate surface area is 111 Å². The topological polar surface area (TPSA) is 60.8 Å². The Kier molecular flexibility index (Phi) is 4.50. The largest absolute Gasteiger partial charge is 0.390 e. The van der Waals surface area contributed by atoms with E-state index in [9.17, 15) is 19.4 Å². The number of aliphatic hydroxyl groups is 2. The smallest absolute Gasteiger partial charge is 0.222 e. The van der Waals surface area contributed by atoms with Gasteiger partial charge in [-0.2, -0.15) is 0 Å². The van der Waals surface area contributed by atoms with Gasteiger partial charge in [0.2, 0.25) is 5.91 Å². The molecule has 2 N–H and O–H groups in total. The number of piperidine rings is 1. The Hall–Kier alpha value is -1.46. The fraction of sp³-hybridized carbons (Fsp3) is 0.500. The lowest BCUT2D eigenvalue weighted by Gasteiger charge is -2.33. The van der Waals surface area contributed by atoms with Crippen molar-refractivity contribution in [2.75, 3.05) is 13.1 Å². The van der Waals surface area contributed by atoms with Crippen LogP contribution in [0, 0.1) is 5.82 Å². The summed E-state index contributed by atoms with van der Waals surface area (Å²) in [4.78, 5) is 13.5. The molecule has 0 unspecified atom stereocenters. The highest BCUT2D eigenvalue weighted by Gasteiger charge is 2.28. The van der Waals surface area contributed by atoms with Gasteiger partial charge in [0, 0.05) is 19.5 Å². The van der Waals surface area contributed by atoms with Crippen LogP contribution in [-0.2, 0) is 11.2 Å². The lowest BCUT2D eigenvalue weighted by molar-refractivity contribution is -0.137. The standard InChI is InChI=1S/C14H18FNO3/c15-11-4-1-10(2-5-11)3-6-14(19)16-8-7-12(17)13(18)9-16/h1-2,4-5,12-13,17-18H,3,6-9H2/t12-,13+/m1/s1. The fourth-order valence-corrected chi connectivity index (χ4v) is 2.21. The van der Waals surface area contributed by atoms with E-state index in [2.05, 4.69) is 0 Å². The molecule has 19 heavy (non-hydrogen) atoms. The molecule has 1 aliphatic heterocycles. The van der Waals surface area contributed by atoms with Gasteiger partial charge in [-0.1, -0.05) is 12.1 Å². The van der Waals surface area contributed by atoms with E-state index in [0.717, 1.165) is 5.56 Å². The predicted molar refractivity (Wildman–Crippen MR) is 67.9 cm³/mol. The average Bonchev–Trinajstić information content (AvgIpc) is 2.41. The Balaban J connectivity index is 1.83. The number of carbonyl (C=O) groups is 1. The quantitative estimate of drug-likeness (QED) is 0.848. The normalized spacial score (nSPS) is 23.4. The minimum absolute atomic E-state index is 0.0460. The lowest BCUT2D eigenvalue weighted by Crippen LogP contribution is -2.49. The van der Waals surface area contributed by atoms with Crippen molar-refractivity contribution in [3.05, 3.63) is 35.6 Å². The van der Waals surface area contributed by atoms with E-state index in [-0.39, 0.29) is 18.3 Å². The molecule has 1 saturated heterocycles. The Bertz CT molecular complexity index is 435. The summed E-state index contributed by atoms with van der Waals surface area (Å²) in [7, 11) is 0. The van der Waals surface area contributed by atoms with Crippen molar-refractivity contribution in [1.82, 2.24) is 4.90 Å². The van der Waals surface area contributed by atoms with Crippen LogP contribution in [0.25, 0.3) is 0 Å². The third kappa shape index (κ3) is 3.75. The molecular weight excluding hydrogens is 249 g/mol. The summed E-state index contributed by atoms with van der Waals surface area (Å²) in [6.45, 7) is 0.657. The molecule has 1 heterocycles. The number of nitrogens with zero attached hydrogens (tertiary/aromatic N) is 1. The number of rotatable bonds is 3. The summed E-state index contributed by atoms with van der Waals surface area (Å²) in [5.74, 6) is -0.335. The molecule has 0 spiro atoms. The van der Waals surface area contributed by atoms with Gasteiger partial charge in [-0.3, -0.25) is 4.79 Å². The van der Waals surface area contributed by atoms with Crippen LogP contribution in [0.4, 0.5) is 4.39 Å². The molecule has 104 valence electrons. The first kappa shape index (κ1) is 14.0. The summed E-state index contributed by atoms with van der Waals surface area (Å²) in [5.41, 5.74) is 0.910. The number of β-amino-alcohol motifs (C(OH)–C–C–N with tert-alkyl or cyclic N) is 1. The molecule has 5 heteroatoms. The number of hydrogen-bond acceptors (Lipinski definition) is 3. The highest BCUT2D eigenvalue weighted by molar-refractivity contribution is 5.76. The maximum Gasteiger partial charge on any atom is 0.222 e. The third-order valence-corrected chi connectivity index (χ3v) is 3.44. The van der Waals surface area contributed by atoms with Crippen LogP contribution in [0.2, 0.25) is 0 Å². The first-order valence-electron chi connectivity index (χ1n) is 6.44. The minimum atomic E-state index is -0.858. The predicted octanol–water partition coefficient (Wildman–Crippen LogP) is 0.712. The fourth-order valence-electron chi connectivity index (χ4n) is 2.21. The molecule has 1 aromatic carbocycles. The van der Waals surface area contributed by atoms with Gasteiger partial charge in [-0.05, 0) is 30.5 Å².